The van der Waals surface area contributed by atoms with E-state index in [1.165, 1.54) is 0 Å². The molecule has 0 bridgehead atoms. The number of aromatic amines is 1. The summed E-state index contributed by atoms with van der Waals surface area (Å²) < 4.78 is 23.9. The Morgan fingerprint density at radius 2 is 2.21 bits per heavy atom. The fourth-order valence-corrected chi connectivity index (χ4v) is 4.61. The van der Waals surface area contributed by atoms with E-state index < -0.39 is 15.6 Å². The van der Waals surface area contributed by atoms with Crippen LogP contribution < -0.4 is 0 Å². The lowest BCUT2D eigenvalue weighted by Gasteiger charge is -2.23. The van der Waals surface area contributed by atoms with Crippen LogP contribution in [-0.2, 0) is 14.6 Å². The maximum atomic E-state index is 12.5. The Bertz CT molecular complexity index is 857. The van der Waals surface area contributed by atoms with E-state index in [0.29, 0.717) is 13.0 Å². The number of sulfone groups is 1. The van der Waals surface area contributed by atoms with Crippen LogP contribution in [0.15, 0.2) is 18.2 Å². The van der Waals surface area contributed by atoms with Crippen LogP contribution in [0.5, 0.6) is 0 Å². The Kier molecular flexibility index (Phi) is 4.62. The lowest BCUT2D eigenvalue weighted by atomic mass is 10.2. The van der Waals surface area contributed by atoms with Crippen LogP contribution >= 0.6 is 0 Å². The van der Waals surface area contributed by atoms with E-state index in [2.05, 4.69) is 9.97 Å². The van der Waals surface area contributed by atoms with E-state index in [9.17, 15) is 13.2 Å². The highest BCUT2D eigenvalue weighted by atomic mass is 32.2. The zero-order valence-corrected chi connectivity index (χ0v) is 14.9. The topological polar surface area (TPSA) is 83.1 Å². The molecule has 0 spiro atoms. The number of aryl methyl sites for hydroxylation is 1. The summed E-state index contributed by atoms with van der Waals surface area (Å²) in [7, 11) is -3.33. The molecule has 0 saturated carbocycles. The molecular formula is C17H23N3O3S. The first-order valence-electron chi connectivity index (χ1n) is 8.36. The molecule has 1 aromatic carbocycles. The van der Waals surface area contributed by atoms with Crippen molar-refractivity contribution < 1.29 is 13.2 Å². The van der Waals surface area contributed by atoms with Gasteiger partial charge in [0.25, 0.3) is 0 Å². The van der Waals surface area contributed by atoms with Crippen LogP contribution in [0.3, 0.4) is 0 Å². The molecule has 2 heterocycles. The summed E-state index contributed by atoms with van der Waals surface area (Å²) in [5.74, 6) is 0.0783. The van der Waals surface area contributed by atoms with Gasteiger partial charge in [-0.3, -0.25) is 4.79 Å². The van der Waals surface area contributed by atoms with Gasteiger partial charge < -0.3 is 9.88 Å². The molecule has 1 saturated heterocycles. The van der Waals surface area contributed by atoms with E-state index in [1.54, 1.807) is 11.8 Å². The highest BCUT2D eigenvalue weighted by molar-refractivity contribution is 7.92. The lowest BCUT2D eigenvalue weighted by molar-refractivity contribution is -0.129. The maximum absolute atomic E-state index is 12.5. The monoisotopic (exact) mass is 349 g/mol. The molecule has 2 aromatic rings. The Morgan fingerprint density at radius 1 is 1.42 bits per heavy atom. The molecule has 1 amide bonds. The maximum Gasteiger partial charge on any atom is 0.238 e. The fraction of sp³-hybridized carbons (Fsp3) is 0.529. The molecule has 1 atom stereocenters. The fourth-order valence-electron chi connectivity index (χ4n) is 3.30. The molecule has 1 aromatic heterocycles. The quantitative estimate of drug-likeness (QED) is 0.898. The molecule has 7 heteroatoms. The minimum Gasteiger partial charge on any atom is -0.340 e. The number of nitrogens with zero attached hydrogens (tertiary/aromatic N) is 2. The van der Waals surface area contributed by atoms with Crippen molar-refractivity contribution >= 4 is 26.8 Å². The Hall–Kier alpha value is -1.89. The second kappa shape index (κ2) is 6.55. The van der Waals surface area contributed by atoms with E-state index in [4.69, 9.17) is 0 Å². The Morgan fingerprint density at radius 3 is 2.96 bits per heavy atom. The summed E-state index contributed by atoms with van der Waals surface area (Å²) in [4.78, 5) is 22.1. The highest BCUT2D eigenvalue weighted by Gasteiger charge is 2.33. The first kappa shape index (κ1) is 17.0. The first-order chi connectivity index (χ1) is 11.4. The number of hydrogen-bond donors (Lipinski definition) is 1. The second-order valence-electron chi connectivity index (χ2n) is 6.48. The van der Waals surface area contributed by atoms with E-state index in [-0.39, 0.29) is 17.7 Å². The number of hydrogen-bond acceptors (Lipinski definition) is 4. The van der Waals surface area contributed by atoms with Crippen LogP contribution in [0.4, 0.5) is 0 Å². The normalized spacial score (nSPS) is 18.4. The number of fused-ring (bicyclic) bond motifs is 1. The Labute approximate surface area is 142 Å². The smallest absolute Gasteiger partial charge is 0.238 e. The van der Waals surface area contributed by atoms with E-state index in [1.807, 2.05) is 25.1 Å². The zero-order chi connectivity index (χ0) is 17.3. The van der Waals surface area contributed by atoms with Gasteiger partial charge in [-0.2, -0.15) is 0 Å². The van der Waals surface area contributed by atoms with Crippen molar-refractivity contribution in [1.29, 1.82) is 0 Å². The molecular weight excluding hydrogens is 326 g/mol. The predicted octanol–water partition coefficient (Wildman–Crippen LogP) is 2.36. The number of nitrogens with one attached hydrogen (secondary N) is 1. The summed E-state index contributed by atoms with van der Waals surface area (Å²) in [5, 5.41) is 0. The van der Waals surface area contributed by atoms with Gasteiger partial charge in [-0.25, -0.2) is 13.4 Å². The molecule has 130 valence electrons. The number of rotatable bonds is 5. The third kappa shape index (κ3) is 3.45. The highest BCUT2D eigenvalue weighted by Crippen LogP contribution is 2.31. The average Bonchev–Trinajstić information content (AvgIpc) is 3.11. The third-order valence-corrected chi connectivity index (χ3v) is 6.12. The van der Waals surface area contributed by atoms with Gasteiger partial charge in [0.15, 0.2) is 9.84 Å². The van der Waals surface area contributed by atoms with E-state index >= 15 is 0 Å². The SMILES string of the molecule is CCCS(=O)(=O)CC(=O)N1CCC[C@H]1c1nc2ccc(C)cc2[nH]1. The summed E-state index contributed by atoms with van der Waals surface area (Å²) >= 11 is 0. The van der Waals surface area contributed by atoms with Gasteiger partial charge in [-0.15, -0.1) is 0 Å². The van der Waals surface area contributed by atoms with Gasteiger partial charge in [0, 0.05) is 6.54 Å². The zero-order valence-electron chi connectivity index (χ0n) is 14.1. The van der Waals surface area contributed by atoms with E-state index in [0.717, 1.165) is 35.3 Å². The summed E-state index contributed by atoms with van der Waals surface area (Å²) in [6.45, 7) is 4.40. The second-order valence-corrected chi connectivity index (χ2v) is 8.66. The van der Waals surface area contributed by atoms with Crippen molar-refractivity contribution in [3.63, 3.8) is 0 Å². The molecule has 0 unspecified atom stereocenters. The molecule has 1 aliphatic heterocycles. The molecule has 24 heavy (non-hydrogen) atoms. The molecule has 6 nitrogen and oxygen atoms in total. The van der Waals surface area contributed by atoms with Crippen molar-refractivity contribution in [2.24, 2.45) is 0 Å². The van der Waals surface area contributed by atoms with Crippen LogP contribution in [0.25, 0.3) is 11.0 Å². The van der Waals surface area contributed by atoms with Crippen molar-refractivity contribution in [3.05, 3.63) is 29.6 Å². The van der Waals surface area contributed by atoms with Crippen LogP contribution in [0.1, 0.15) is 43.6 Å². The summed E-state index contributed by atoms with van der Waals surface area (Å²) in [6.07, 6.45) is 2.20. The first-order valence-corrected chi connectivity index (χ1v) is 10.2. The average molecular weight is 349 g/mol. The van der Waals surface area contributed by atoms with Crippen LogP contribution in [-0.4, -0.2) is 47.2 Å². The van der Waals surface area contributed by atoms with Crippen molar-refractivity contribution in [2.45, 2.75) is 39.2 Å². The van der Waals surface area contributed by atoms with Gasteiger partial charge >= 0.3 is 0 Å². The Balaban J connectivity index is 1.82. The van der Waals surface area contributed by atoms with Gasteiger partial charge in [0.05, 0.1) is 22.8 Å². The minimum atomic E-state index is -3.33. The van der Waals surface area contributed by atoms with Crippen molar-refractivity contribution in [3.8, 4) is 0 Å². The van der Waals surface area contributed by atoms with Gasteiger partial charge in [-0.05, 0) is 43.9 Å². The largest absolute Gasteiger partial charge is 0.340 e. The lowest BCUT2D eigenvalue weighted by Crippen LogP contribution is -2.36. The molecule has 1 N–H and O–H groups in total. The van der Waals surface area contributed by atoms with Gasteiger partial charge in [0.1, 0.15) is 11.6 Å². The molecule has 0 aliphatic carbocycles. The molecule has 0 radical (unpaired) electrons. The number of benzene rings is 1. The predicted molar refractivity (Wildman–Crippen MR) is 93.5 cm³/mol. The van der Waals surface area contributed by atoms with Crippen LogP contribution in [0.2, 0.25) is 0 Å². The number of amides is 1. The molecule has 3 rings (SSSR count). The number of H-pyrrole nitrogens is 1. The minimum absolute atomic E-state index is 0.0567. The molecule has 1 fully saturated rings. The molecule has 1 aliphatic rings. The third-order valence-electron chi connectivity index (χ3n) is 4.40. The standard InChI is InChI=1S/C17H23N3O3S/c1-3-9-24(22,23)11-16(21)20-8-4-5-15(20)17-18-13-7-6-12(2)10-14(13)19-17/h6-7,10,15H,3-5,8-9,11H2,1-2H3,(H,18,19)/t15-/m0/s1. The van der Waals surface area contributed by atoms with Crippen molar-refractivity contribution in [2.75, 3.05) is 18.1 Å². The van der Waals surface area contributed by atoms with Crippen molar-refractivity contribution in [1.82, 2.24) is 14.9 Å². The summed E-state index contributed by atoms with van der Waals surface area (Å²) in [5.41, 5.74) is 2.96. The van der Waals surface area contributed by atoms with Gasteiger partial charge in [-0.1, -0.05) is 13.0 Å². The number of imidazole rings is 1. The number of aromatic nitrogens is 2. The van der Waals surface area contributed by atoms with Crippen LogP contribution in [0, 0.1) is 6.92 Å². The number of carbonyl (C=O) groups excluding carboxylic acids is 1. The number of likely N-dealkylation sites (tertiary alicyclic amines) is 1. The van der Waals surface area contributed by atoms with Gasteiger partial charge in [0.2, 0.25) is 5.91 Å². The summed E-state index contributed by atoms with van der Waals surface area (Å²) in [6, 6.07) is 5.82. The number of carbonyl (C=O) groups is 1.